The van der Waals surface area contributed by atoms with Crippen molar-refractivity contribution in [2.45, 2.75) is 6.61 Å². The first-order valence-corrected chi connectivity index (χ1v) is 3.82. The summed E-state index contributed by atoms with van der Waals surface area (Å²) in [5.41, 5.74) is -1.55. The lowest BCUT2D eigenvalue weighted by atomic mass is 10.1. The topological polar surface area (TPSA) is 72.6 Å². The number of phenols is 1. The van der Waals surface area contributed by atoms with Gasteiger partial charge in [-0.15, -0.1) is 0 Å². The highest BCUT2D eigenvalue weighted by Crippen LogP contribution is 2.32. The highest BCUT2D eigenvalue weighted by molar-refractivity contribution is 5.49. The SMILES string of the molecule is COCc1c(F)cc([N+](=O)[O-])c(O)c1F. The summed E-state index contributed by atoms with van der Waals surface area (Å²) >= 11 is 0. The van der Waals surface area contributed by atoms with Gasteiger partial charge in [0.1, 0.15) is 5.82 Å². The average Bonchev–Trinajstić information content (AvgIpc) is 2.18. The number of hydrogen-bond acceptors (Lipinski definition) is 4. The van der Waals surface area contributed by atoms with Crippen LogP contribution in [-0.4, -0.2) is 17.1 Å². The first-order valence-electron chi connectivity index (χ1n) is 3.82. The Morgan fingerprint density at radius 2 is 2.20 bits per heavy atom. The molecule has 15 heavy (non-hydrogen) atoms. The maximum atomic E-state index is 13.2. The molecule has 0 heterocycles. The first kappa shape index (κ1) is 11.3. The molecule has 0 atom stereocenters. The van der Waals surface area contributed by atoms with Gasteiger partial charge in [-0.1, -0.05) is 0 Å². The molecule has 0 saturated heterocycles. The van der Waals surface area contributed by atoms with Gasteiger partial charge in [0, 0.05) is 7.11 Å². The largest absolute Gasteiger partial charge is 0.500 e. The van der Waals surface area contributed by atoms with Crippen LogP contribution in [0.2, 0.25) is 0 Å². The molecule has 1 rings (SSSR count). The lowest BCUT2D eigenvalue weighted by Crippen LogP contribution is -2.01. The van der Waals surface area contributed by atoms with Gasteiger partial charge in [0.15, 0.2) is 5.82 Å². The summed E-state index contributed by atoms with van der Waals surface area (Å²) < 4.78 is 30.8. The van der Waals surface area contributed by atoms with Gasteiger partial charge in [0.05, 0.1) is 23.2 Å². The van der Waals surface area contributed by atoms with Gasteiger partial charge < -0.3 is 9.84 Å². The molecule has 0 bridgehead atoms. The number of ether oxygens (including phenoxy) is 1. The summed E-state index contributed by atoms with van der Waals surface area (Å²) in [7, 11) is 1.21. The van der Waals surface area contributed by atoms with E-state index in [0.717, 1.165) is 0 Å². The van der Waals surface area contributed by atoms with Gasteiger partial charge in [-0.2, -0.15) is 0 Å². The minimum Gasteiger partial charge on any atom is -0.500 e. The lowest BCUT2D eigenvalue weighted by molar-refractivity contribution is -0.386. The highest BCUT2D eigenvalue weighted by atomic mass is 19.1. The van der Waals surface area contributed by atoms with Crippen LogP contribution in [0.1, 0.15) is 5.56 Å². The number of benzene rings is 1. The van der Waals surface area contributed by atoms with E-state index in [1.54, 1.807) is 0 Å². The van der Waals surface area contributed by atoms with E-state index in [9.17, 15) is 18.9 Å². The Morgan fingerprint density at radius 1 is 1.60 bits per heavy atom. The van der Waals surface area contributed by atoms with Crippen LogP contribution in [0.25, 0.3) is 0 Å². The Balaban J connectivity index is 3.37. The van der Waals surface area contributed by atoms with Crippen LogP contribution in [0.3, 0.4) is 0 Å². The Labute approximate surface area is 83.1 Å². The van der Waals surface area contributed by atoms with Crippen molar-refractivity contribution in [3.8, 4) is 5.75 Å². The number of phenolic OH excluding ortho intramolecular Hbond substituents is 1. The molecule has 0 radical (unpaired) electrons. The van der Waals surface area contributed by atoms with Crippen molar-refractivity contribution in [1.82, 2.24) is 0 Å². The van der Waals surface area contributed by atoms with Crippen molar-refractivity contribution in [1.29, 1.82) is 0 Å². The van der Waals surface area contributed by atoms with E-state index in [4.69, 9.17) is 5.11 Å². The van der Waals surface area contributed by atoms with E-state index < -0.39 is 40.2 Å². The van der Waals surface area contributed by atoms with Crippen molar-refractivity contribution < 1.29 is 23.5 Å². The van der Waals surface area contributed by atoms with E-state index in [0.29, 0.717) is 6.07 Å². The summed E-state index contributed by atoms with van der Waals surface area (Å²) in [6.45, 7) is -0.413. The Hall–Kier alpha value is -1.76. The van der Waals surface area contributed by atoms with Crippen molar-refractivity contribution in [2.24, 2.45) is 0 Å². The quantitative estimate of drug-likeness (QED) is 0.620. The van der Waals surface area contributed by atoms with Gasteiger partial charge in [0.25, 0.3) is 0 Å². The van der Waals surface area contributed by atoms with Crippen LogP contribution >= 0.6 is 0 Å². The molecule has 0 spiro atoms. The average molecular weight is 219 g/mol. The van der Waals surface area contributed by atoms with Crippen LogP contribution < -0.4 is 0 Å². The summed E-state index contributed by atoms with van der Waals surface area (Å²) in [6.07, 6.45) is 0. The zero-order valence-corrected chi connectivity index (χ0v) is 7.66. The molecular formula is C8H7F2NO4. The van der Waals surface area contributed by atoms with E-state index >= 15 is 0 Å². The molecule has 1 aromatic rings. The molecular weight excluding hydrogens is 212 g/mol. The lowest BCUT2D eigenvalue weighted by Gasteiger charge is -2.05. The Morgan fingerprint density at radius 3 is 2.67 bits per heavy atom. The molecule has 0 aromatic heterocycles. The smallest absolute Gasteiger partial charge is 0.316 e. The van der Waals surface area contributed by atoms with E-state index in [2.05, 4.69) is 4.74 Å². The molecule has 0 fully saturated rings. The number of rotatable bonds is 3. The van der Waals surface area contributed by atoms with Gasteiger partial charge in [-0.25, -0.2) is 8.78 Å². The fourth-order valence-electron chi connectivity index (χ4n) is 1.05. The Kier molecular flexibility index (Phi) is 3.15. The maximum Gasteiger partial charge on any atom is 0.316 e. The molecule has 0 amide bonds. The molecule has 0 aliphatic heterocycles. The molecule has 1 N–H and O–H groups in total. The zero-order valence-electron chi connectivity index (χ0n) is 7.66. The van der Waals surface area contributed by atoms with Crippen LogP contribution in [0.4, 0.5) is 14.5 Å². The summed E-state index contributed by atoms with van der Waals surface area (Å²) in [4.78, 5) is 9.20. The third-order valence-corrected chi connectivity index (χ3v) is 1.75. The van der Waals surface area contributed by atoms with Crippen molar-refractivity contribution in [3.05, 3.63) is 33.4 Å². The van der Waals surface area contributed by atoms with Crippen LogP contribution in [-0.2, 0) is 11.3 Å². The number of nitrogens with zero attached hydrogens (tertiary/aromatic N) is 1. The number of aromatic hydroxyl groups is 1. The van der Waals surface area contributed by atoms with E-state index in [1.165, 1.54) is 7.11 Å². The third kappa shape index (κ3) is 2.01. The van der Waals surface area contributed by atoms with Gasteiger partial charge >= 0.3 is 5.69 Å². The number of hydrogen-bond donors (Lipinski definition) is 1. The van der Waals surface area contributed by atoms with Gasteiger partial charge in [0.2, 0.25) is 5.75 Å². The van der Waals surface area contributed by atoms with E-state index in [-0.39, 0.29) is 0 Å². The second-order valence-corrected chi connectivity index (χ2v) is 2.71. The van der Waals surface area contributed by atoms with Crippen molar-refractivity contribution in [2.75, 3.05) is 7.11 Å². The predicted molar refractivity (Wildman–Crippen MR) is 45.4 cm³/mol. The van der Waals surface area contributed by atoms with E-state index in [1.807, 2.05) is 0 Å². The van der Waals surface area contributed by atoms with Gasteiger partial charge in [-0.05, 0) is 0 Å². The minimum absolute atomic E-state index is 0.413. The minimum atomic E-state index is -1.37. The normalized spacial score (nSPS) is 10.3. The molecule has 1 aromatic carbocycles. The number of nitro groups is 1. The second kappa shape index (κ2) is 4.18. The van der Waals surface area contributed by atoms with Crippen molar-refractivity contribution in [3.63, 3.8) is 0 Å². The fraction of sp³-hybridized carbons (Fsp3) is 0.250. The summed E-state index contributed by atoms with van der Waals surface area (Å²) in [5.74, 6) is -3.68. The molecule has 82 valence electrons. The Bertz CT molecular complexity index is 408. The van der Waals surface area contributed by atoms with Crippen molar-refractivity contribution >= 4 is 5.69 Å². The molecule has 0 unspecified atom stereocenters. The van der Waals surface area contributed by atoms with Crippen LogP contribution in [0, 0.1) is 21.7 Å². The number of methoxy groups -OCH3 is 1. The zero-order chi connectivity index (χ0) is 11.6. The second-order valence-electron chi connectivity index (χ2n) is 2.71. The standard InChI is InChI=1S/C8H7F2NO4/c1-15-3-4-5(9)2-6(11(13)14)8(12)7(4)10/h2,12H,3H2,1H3. The molecule has 0 saturated carbocycles. The highest BCUT2D eigenvalue weighted by Gasteiger charge is 2.24. The number of halogens is 2. The monoisotopic (exact) mass is 219 g/mol. The van der Waals surface area contributed by atoms with Crippen LogP contribution in [0.5, 0.6) is 5.75 Å². The number of nitro benzene ring substituents is 1. The maximum absolute atomic E-state index is 13.2. The molecule has 5 nitrogen and oxygen atoms in total. The molecule has 0 aliphatic rings. The summed E-state index contributed by atoms with van der Waals surface area (Å²) in [6, 6.07) is 0.451. The summed E-state index contributed by atoms with van der Waals surface area (Å²) in [5, 5.41) is 19.3. The third-order valence-electron chi connectivity index (χ3n) is 1.75. The predicted octanol–water partition coefficient (Wildman–Crippen LogP) is 1.72. The molecule has 0 aliphatic carbocycles. The van der Waals surface area contributed by atoms with Gasteiger partial charge in [-0.3, -0.25) is 10.1 Å². The first-order chi connectivity index (χ1) is 6.99. The molecule has 7 heteroatoms. The fourth-order valence-corrected chi connectivity index (χ4v) is 1.05. The van der Waals surface area contributed by atoms with Crippen LogP contribution in [0.15, 0.2) is 6.07 Å².